The molecule has 3 aromatic rings. The van der Waals surface area contributed by atoms with Gasteiger partial charge in [-0.3, -0.25) is 0 Å². The standard InChI is InChI=1S/C17H14FN3O2S/c18-13-4-1-11(2-5-13)8-16-20-17(24-21-16)19-9-12-3-6-14-15(7-12)23-10-22-14/h1-7H,8-10H2,(H,19,20,21). The average molecular weight is 343 g/mol. The lowest BCUT2D eigenvalue weighted by Crippen LogP contribution is -1.99. The lowest BCUT2D eigenvalue weighted by Gasteiger charge is -2.03. The van der Waals surface area contributed by atoms with Crippen molar-refractivity contribution in [2.75, 3.05) is 12.1 Å². The van der Waals surface area contributed by atoms with Crippen molar-refractivity contribution in [2.45, 2.75) is 13.0 Å². The predicted octanol–water partition coefficient (Wildman–Crippen LogP) is 3.61. The number of anilines is 1. The molecule has 0 aliphatic carbocycles. The largest absolute Gasteiger partial charge is 0.454 e. The van der Waals surface area contributed by atoms with Crippen LogP contribution >= 0.6 is 11.5 Å². The molecule has 0 fully saturated rings. The summed E-state index contributed by atoms with van der Waals surface area (Å²) in [4.78, 5) is 4.46. The Hall–Kier alpha value is -2.67. The molecule has 0 saturated carbocycles. The minimum Gasteiger partial charge on any atom is -0.454 e. The maximum absolute atomic E-state index is 12.9. The Morgan fingerprint density at radius 1 is 1.04 bits per heavy atom. The van der Waals surface area contributed by atoms with E-state index < -0.39 is 0 Å². The van der Waals surface area contributed by atoms with Crippen LogP contribution < -0.4 is 14.8 Å². The molecule has 1 aliphatic rings. The Morgan fingerprint density at radius 3 is 2.71 bits per heavy atom. The quantitative estimate of drug-likeness (QED) is 0.767. The summed E-state index contributed by atoms with van der Waals surface area (Å²) >= 11 is 1.31. The molecular weight excluding hydrogens is 329 g/mol. The number of aromatic nitrogens is 2. The van der Waals surface area contributed by atoms with Gasteiger partial charge in [0.1, 0.15) is 11.6 Å². The van der Waals surface area contributed by atoms with Gasteiger partial charge in [-0.2, -0.15) is 4.37 Å². The summed E-state index contributed by atoms with van der Waals surface area (Å²) in [6.07, 6.45) is 0.586. The van der Waals surface area contributed by atoms with Crippen LogP contribution in [0.4, 0.5) is 9.52 Å². The highest BCUT2D eigenvalue weighted by atomic mass is 32.1. The van der Waals surface area contributed by atoms with Crippen LogP contribution in [0, 0.1) is 5.82 Å². The molecule has 7 heteroatoms. The van der Waals surface area contributed by atoms with Gasteiger partial charge in [0, 0.05) is 24.5 Å². The lowest BCUT2D eigenvalue weighted by molar-refractivity contribution is 0.174. The molecule has 4 rings (SSSR count). The molecule has 2 heterocycles. The Bertz CT molecular complexity index is 851. The number of rotatable bonds is 5. The van der Waals surface area contributed by atoms with Crippen LogP contribution in [0.25, 0.3) is 0 Å². The van der Waals surface area contributed by atoms with E-state index in [9.17, 15) is 4.39 Å². The van der Waals surface area contributed by atoms with Gasteiger partial charge in [-0.25, -0.2) is 9.37 Å². The Labute approximate surface area is 142 Å². The highest BCUT2D eigenvalue weighted by molar-refractivity contribution is 7.09. The van der Waals surface area contributed by atoms with E-state index in [-0.39, 0.29) is 12.6 Å². The fraction of sp³-hybridized carbons (Fsp3) is 0.176. The van der Waals surface area contributed by atoms with Crippen molar-refractivity contribution < 1.29 is 13.9 Å². The smallest absolute Gasteiger partial charge is 0.231 e. The minimum atomic E-state index is -0.240. The average Bonchev–Trinajstić information content (AvgIpc) is 3.23. The van der Waals surface area contributed by atoms with Crippen molar-refractivity contribution in [1.29, 1.82) is 0 Å². The van der Waals surface area contributed by atoms with Crippen LogP contribution in [-0.2, 0) is 13.0 Å². The molecule has 1 aromatic heterocycles. The molecule has 0 bridgehead atoms. The Morgan fingerprint density at radius 2 is 1.83 bits per heavy atom. The van der Waals surface area contributed by atoms with Crippen molar-refractivity contribution in [1.82, 2.24) is 9.36 Å². The van der Waals surface area contributed by atoms with E-state index >= 15 is 0 Å². The Kier molecular flexibility index (Phi) is 4.00. The van der Waals surface area contributed by atoms with Crippen molar-refractivity contribution in [2.24, 2.45) is 0 Å². The molecule has 0 atom stereocenters. The summed E-state index contributed by atoms with van der Waals surface area (Å²) in [6, 6.07) is 12.2. The highest BCUT2D eigenvalue weighted by Crippen LogP contribution is 2.32. The van der Waals surface area contributed by atoms with Gasteiger partial charge in [0.15, 0.2) is 11.5 Å². The number of hydrogen-bond donors (Lipinski definition) is 1. The van der Waals surface area contributed by atoms with E-state index in [2.05, 4.69) is 14.7 Å². The fourth-order valence-electron chi connectivity index (χ4n) is 2.41. The van der Waals surface area contributed by atoms with Crippen LogP contribution in [-0.4, -0.2) is 16.2 Å². The first-order valence-corrected chi connectivity index (χ1v) is 8.23. The van der Waals surface area contributed by atoms with Gasteiger partial charge in [-0.05, 0) is 35.4 Å². The molecule has 1 N–H and O–H groups in total. The molecule has 2 aromatic carbocycles. The first-order chi connectivity index (χ1) is 11.8. The third-order valence-corrected chi connectivity index (χ3v) is 4.33. The molecule has 1 aliphatic heterocycles. The summed E-state index contributed by atoms with van der Waals surface area (Å²) in [6.45, 7) is 0.900. The zero-order valence-corrected chi connectivity index (χ0v) is 13.5. The molecule has 122 valence electrons. The summed E-state index contributed by atoms with van der Waals surface area (Å²) in [5.41, 5.74) is 2.06. The van der Waals surface area contributed by atoms with Gasteiger partial charge in [-0.15, -0.1) is 0 Å². The van der Waals surface area contributed by atoms with E-state index in [4.69, 9.17) is 9.47 Å². The maximum Gasteiger partial charge on any atom is 0.231 e. The minimum absolute atomic E-state index is 0.240. The van der Waals surface area contributed by atoms with Gasteiger partial charge >= 0.3 is 0 Å². The first kappa shape index (κ1) is 14.9. The number of benzene rings is 2. The third-order valence-electron chi connectivity index (χ3n) is 3.62. The topological polar surface area (TPSA) is 56.3 Å². The molecule has 0 amide bonds. The molecule has 0 unspecified atom stereocenters. The number of ether oxygens (including phenoxy) is 2. The second-order valence-corrected chi connectivity index (χ2v) is 6.11. The zero-order chi connectivity index (χ0) is 16.4. The number of fused-ring (bicyclic) bond motifs is 1. The van der Waals surface area contributed by atoms with E-state index in [0.717, 1.165) is 33.6 Å². The van der Waals surface area contributed by atoms with E-state index in [1.807, 2.05) is 18.2 Å². The number of nitrogens with one attached hydrogen (secondary N) is 1. The molecule has 0 radical (unpaired) electrons. The Balaban J connectivity index is 1.37. The SMILES string of the molecule is Fc1ccc(Cc2nsc(NCc3ccc4c(c3)OCO4)n2)cc1. The fourth-order valence-corrected chi connectivity index (χ4v) is 2.99. The maximum atomic E-state index is 12.9. The van der Waals surface area contributed by atoms with Gasteiger partial charge < -0.3 is 14.8 Å². The summed E-state index contributed by atoms with van der Waals surface area (Å²) < 4.78 is 27.9. The van der Waals surface area contributed by atoms with Crippen LogP contribution in [0.15, 0.2) is 42.5 Å². The van der Waals surface area contributed by atoms with Gasteiger partial charge in [0.05, 0.1) is 0 Å². The zero-order valence-electron chi connectivity index (χ0n) is 12.7. The lowest BCUT2D eigenvalue weighted by atomic mass is 10.1. The van der Waals surface area contributed by atoms with E-state index in [1.165, 1.54) is 23.7 Å². The van der Waals surface area contributed by atoms with Crippen molar-refractivity contribution in [3.05, 3.63) is 65.2 Å². The normalized spacial score (nSPS) is 12.4. The van der Waals surface area contributed by atoms with Gasteiger partial charge in [-0.1, -0.05) is 18.2 Å². The van der Waals surface area contributed by atoms with Crippen LogP contribution in [0.5, 0.6) is 11.5 Å². The van der Waals surface area contributed by atoms with Gasteiger partial charge in [0.2, 0.25) is 11.9 Å². The first-order valence-electron chi connectivity index (χ1n) is 7.46. The van der Waals surface area contributed by atoms with Crippen LogP contribution in [0.1, 0.15) is 17.0 Å². The number of hydrogen-bond acceptors (Lipinski definition) is 6. The second kappa shape index (κ2) is 6.45. The monoisotopic (exact) mass is 343 g/mol. The van der Waals surface area contributed by atoms with Crippen LogP contribution in [0.3, 0.4) is 0 Å². The van der Waals surface area contributed by atoms with Gasteiger partial charge in [0.25, 0.3) is 0 Å². The summed E-state index contributed by atoms with van der Waals surface area (Å²) in [5, 5.41) is 4.01. The molecule has 24 heavy (non-hydrogen) atoms. The summed E-state index contributed by atoms with van der Waals surface area (Å²) in [5.74, 6) is 2.02. The third kappa shape index (κ3) is 3.30. The molecule has 5 nitrogen and oxygen atoms in total. The van der Waals surface area contributed by atoms with Crippen molar-refractivity contribution in [3.63, 3.8) is 0 Å². The van der Waals surface area contributed by atoms with E-state index in [1.54, 1.807) is 12.1 Å². The second-order valence-electron chi connectivity index (χ2n) is 5.36. The highest BCUT2D eigenvalue weighted by Gasteiger charge is 2.13. The summed E-state index contributed by atoms with van der Waals surface area (Å²) in [7, 11) is 0. The van der Waals surface area contributed by atoms with E-state index in [0.29, 0.717) is 13.0 Å². The molecular formula is C17H14FN3O2S. The number of nitrogens with zero attached hydrogens (tertiary/aromatic N) is 2. The molecule has 0 saturated heterocycles. The van der Waals surface area contributed by atoms with Crippen molar-refractivity contribution in [3.8, 4) is 11.5 Å². The number of halogens is 1. The molecule has 0 spiro atoms. The van der Waals surface area contributed by atoms with Crippen molar-refractivity contribution >= 4 is 16.7 Å². The van der Waals surface area contributed by atoms with Crippen LogP contribution in [0.2, 0.25) is 0 Å². The predicted molar refractivity (Wildman–Crippen MR) is 89.0 cm³/mol.